The number of likely N-dealkylation sites (tertiary alicyclic amines) is 1. The molecule has 25 heavy (non-hydrogen) atoms. The Labute approximate surface area is 147 Å². The highest BCUT2D eigenvalue weighted by molar-refractivity contribution is 5.93. The summed E-state index contributed by atoms with van der Waals surface area (Å²) in [4.78, 5) is 30.7. The van der Waals surface area contributed by atoms with Crippen LogP contribution < -0.4 is 5.32 Å². The Morgan fingerprint density at radius 3 is 2.72 bits per heavy atom. The number of carbonyl (C=O) groups is 2. The van der Waals surface area contributed by atoms with Crippen LogP contribution >= 0.6 is 0 Å². The Morgan fingerprint density at radius 1 is 1.24 bits per heavy atom. The molecule has 1 N–H and O–H groups in total. The van der Waals surface area contributed by atoms with E-state index in [2.05, 4.69) is 10.3 Å². The SMILES string of the molecule is O=C(NCC1CC1)C1CCC2(CCN(C(=O)c3cccnc3)CC2)O1. The van der Waals surface area contributed by atoms with E-state index in [-0.39, 0.29) is 23.5 Å². The summed E-state index contributed by atoms with van der Waals surface area (Å²) >= 11 is 0. The predicted molar refractivity (Wildman–Crippen MR) is 91.9 cm³/mol. The van der Waals surface area contributed by atoms with Crippen LogP contribution in [0.3, 0.4) is 0 Å². The molecule has 3 aliphatic rings. The Bertz CT molecular complexity index is 637. The number of ether oxygens (including phenoxy) is 1. The van der Waals surface area contributed by atoms with Crippen molar-refractivity contribution >= 4 is 11.8 Å². The van der Waals surface area contributed by atoms with Gasteiger partial charge in [0.25, 0.3) is 5.91 Å². The highest BCUT2D eigenvalue weighted by Crippen LogP contribution is 2.39. The van der Waals surface area contributed by atoms with Crippen molar-refractivity contribution in [2.45, 2.75) is 50.2 Å². The van der Waals surface area contributed by atoms with Crippen molar-refractivity contribution in [3.8, 4) is 0 Å². The molecule has 2 saturated heterocycles. The number of rotatable bonds is 4. The number of amides is 2. The lowest BCUT2D eigenvalue weighted by Crippen LogP contribution is -2.47. The van der Waals surface area contributed by atoms with Crippen LogP contribution in [0.15, 0.2) is 24.5 Å². The summed E-state index contributed by atoms with van der Waals surface area (Å²) in [6.45, 7) is 2.13. The quantitative estimate of drug-likeness (QED) is 0.904. The van der Waals surface area contributed by atoms with Crippen molar-refractivity contribution < 1.29 is 14.3 Å². The molecule has 1 unspecified atom stereocenters. The summed E-state index contributed by atoms with van der Waals surface area (Å²) in [5, 5.41) is 3.02. The van der Waals surface area contributed by atoms with Crippen molar-refractivity contribution in [3.63, 3.8) is 0 Å². The molecule has 6 heteroatoms. The van der Waals surface area contributed by atoms with Crippen LogP contribution in [-0.2, 0) is 9.53 Å². The molecule has 6 nitrogen and oxygen atoms in total. The van der Waals surface area contributed by atoms with Crippen LogP contribution in [0.25, 0.3) is 0 Å². The Balaban J connectivity index is 1.29. The van der Waals surface area contributed by atoms with Gasteiger partial charge >= 0.3 is 0 Å². The zero-order valence-corrected chi connectivity index (χ0v) is 14.4. The van der Waals surface area contributed by atoms with E-state index in [0.29, 0.717) is 24.6 Å². The van der Waals surface area contributed by atoms with Gasteiger partial charge < -0.3 is 15.0 Å². The van der Waals surface area contributed by atoms with Gasteiger partial charge in [-0.15, -0.1) is 0 Å². The van der Waals surface area contributed by atoms with Crippen LogP contribution in [-0.4, -0.2) is 53.0 Å². The van der Waals surface area contributed by atoms with E-state index >= 15 is 0 Å². The molecule has 1 aromatic heterocycles. The van der Waals surface area contributed by atoms with E-state index in [1.54, 1.807) is 24.5 Å². The summed E-state index contributed by atoms with van der Waals surface area (Å²) in [6, 6.07) is 3.58. The van der Waals surface area contributed by atoms with Gasteiger partial charge in [0.1, 0.15) is 6.10 Å². The third-order valence-corrected chi connectivity index (χ3v) is 5.68. The van der Waals surface area contributed by atoms with Crippen molar-refractivity contribution in [1.29, 1.82) is 0 Å². The first-order valence-corrected chi connectivity index (χ1v) is 9.30. The molecule has 0 radical (unpaired) electrons. The van der Waals surface area contributed by atoms with Gasteiger partial charge in [0, 0.05) is 32.0 Å². The lowest BCUT2D eigenvalue weighted by molar-refractivity contribution is -0.140. The normalized spacial score (nSPS) is 25.1. The third-order valence-electron chi connectivity index (χ3n) is 5.68. The van der Waals surface area contributed by atoms with Crippen LogP contribution in [0, 0.1) is 5.92 Å². The fourth-order valence-corrected chi connectivity index (χ4v) is 3.84. The first-order valence-electron chi connectivity index (χ1n) is 9.30. The number of nitrogens with zero attached hydrogens (tertiary/aromatic N) is 2. The average molecular weight is 343 g/mol. The van der Waals surface area contributed by atoms with Gasteiger partial charge in [-0.3, -0.25) is 14.6 Å². The summed E-state index contributed by atoms with van der Waals surface area (Å²) in [6.07, 6.45) is 8.71. The molecular formula is C19H25N3O3. The Hall–Kier alpha value is -1.95. The smallest absolute Gasteiger partial charge is 0.255 e. The molecule has 1 spiro atoms. The molecule has 1 aliphatic carbocycles. The van der Waals surface area contributed by atoms with E-state index in [1.807, 2.05) is 4.90 Å². The minimum absolute atomic E-state index is 0.0275. The number of pyridine rings is 1. The van der Waals surface area contributed by atoms with Gasteiger partial charge in [-0.25, -0.2) is 0 Å². The molecule has 2 aliphatic heterocycles. The van der Waals surface area contributed by atoms with Crippen LogP contribution in [0.2, 0.25) is 0 Å². The zero-order valence-electron chi connectivity index (χ0n) is 14.4. The summed E-state index contributed by atoms with van der Waals surface area (Å²) in [5.41, 5.74) is 0.399. The molecule has 0 bridgehead atoms. The number of aromatic nitrogens is 1. The van der Waals surface area contributed by atoms with E-state index < -0.39 is 0 Å². The Morgan fingerprint density at radius 2 is 2.04 bits per heavy atom. The average Bonchev–Trinajstić information content (AvgIpc) is 3.40. The predicted octanol–water partition coefficient (Wildman–Crippen LogP) is 1.76. The molecule has 4 rings (SSSR count). The maximum absolute atomic E-state index is 12.5. The van der Waals surface area contributed by atoms with Crippen LogP contribution in [0.4, 0.5) is 0 Å². The van der Waals surface area contributed by atoms with Gasteiger partial charge in [-0.2, -0.15) is 0 Å². The number of nitrogens with one attached hydrogen (secondary N) is 1. The van der Waals surface area contributed by atoms with Gasteiger partial charge in [-0.05, 0) is 56.6 Å². The highest BCUT2D eigenvalue weighted by Gasteiger charge is 2.45. The molecule has 3 fully saturated rings. The standard InChI is InChI=1S/C19H25N3O3/c23-17(21-12-14-3-4-14)16-5-6-19(25-16)7-10-22(11-8-19)18(24)15-2-1-9-20-13-15/h1-2,9,13-14,16H,3-8,10-12H2,(H,21,23). The molecule has 2 amide bonds. The molecule has 134 valence electrons. The molecular weight excluding hydrogens is 318 g/mol. The van der Waals surface area contributed by atoms with Gasteiger partial charge in [0.05, 0.1) is 11.2 Å². The Kier molecular flexibility index (Phi) is 4.46. The fraction of sp³-hybridized carbons (Fsp3) is 0.632. The summed E-state index contributed by atoms with van der Waals surface area (Å²) in [5.74, 6) is 0.748. The largest absolute Gasteiger partial charge is 0.362 e. The first-order chi connectivity index (χ1) is 12.2. The molecule has 0 aromatic carbocycles. The lowest BCUT2D eigenvalue weighted by Gasteiger charge is -2.39. The van der Waals surface area contributed by atoms with E-state index in [0.717, 1.165) is 32.2 Å². The highest BCUT2D eigenvalue weighted by atomic mass is 16.5. The number of piperidine rings is 1. The summed E-state index contributed by atoms with van der Waals surface area (Å²) < 4.78 is 6.18. The molecule has 1 aromatic rings. The van der Waals surface area contributed by atoms with Gasteiger partial charge in [0.2, 0.25) is 5.91 Å². The number of hydrogen-bond donors (Lipinski definition) is 1. The summed E-state index contributed by atoms with van der Waals surface area (Å²) in [7, 11) is 0. The van der Waals surface area contributed by atoms with Crippen molar-refractivity contribution in [2.24, 2.45) is 5.92 Å². The second-order valence-electron chi connectivity index (χ2n) is 7.55. The van der Waals surface area contributed by atoms with Crippen molar-refractivity contribution in [1.82, 2.24) is 15.2 Å². The molecule has 1 saturated carbocycles. The van der Waals surface area contributed by atoms with Crippen molar-refractivity contribution in [3.05, 3.63) is 30.1 Å². The maximum atomic E-state index is 12.5. The second kappa shape index (κ2) is 6.75. The maximum Gasteiger partial charge on any atom is 0.255 e. The van der Waals surface area contributed by atoms with Crippen LogP contribution in [0.1, 0.15) is 48.9 Å². The monoisotopic (exact) mass is 343 g/mol. The van der Waals surface area contributed by atoms with E-state index in [4.69, 9.17) is 4.74 Å². The molecule has 1 atom stereocenters. The zero-order chi connectivity index (χ0) is 17.3. The lowest BCUT2D eigenvalue weighted by atomic mass is 9.88. The number of hydrogen-bond acceptors (Lipinski definition) is 4. The fourth-order valence-electron chi connectivity index (χ4n) is 3.84. The minimum Gasteiger partial charge on any atom is -0.362 e. The van der Waals surface area contributed by atoms with Gasteiger partial charge in [0.15, 0.2) is 0 Å². The van der Waals surface area contributed by atoms with E-state index in [9.17, 15) is 9.59 Å². The van der Waals surface area contributed by atoms with Crippen molar-refractivity contribution in [2.75, 3.05) is 19.6 Å². The van der Waals surface area contributed by atoms with E-state index in [1.165, 1.54) is 12.8 Å². The van der Waals surface area contributed by atoms with Crippen LogP contribution in [0.5, 0.6) is 0 Å². The molecule has 3 heterocycles. The minimum atomic E-state index is -0.320. The number of carbonyl (C=O) groups excluding carboxylic acids is 2. The third kappa shape index (κ3) is 3.68. The van der Waals surface area contributed by atoms with Gasteiger partial charge in [-0.1, -0.05) is 0 Å². The second-order valence-corrected chi connectivity index (χ2v) is 7.55. The first kappa shape index (κ1) is 16.5. The topological polar surface area (TPSA) is 71.5 Å².